The van der Waals surface area contributed by atoms with Gasteiger partial charge in [0.15, 0.2) is 5.65 Å². The summed E-state index contributed by atoms with van der Waals surface area (Å²) in [6, 6.07) is 3.53. The van der Waals surface area contributed by atoms with Crippen molar-refractivity contribution in [1.29, 1.82) is 0 Å². The number of fused-ring (bicyclic) bond motifs is 1. The zero-order valence-electron chi connectivity index (χ0n) is 11.6. The summed E-state index contributed by atoms with van der Waals surface area (Å²) in [5.74, 6) is -0.0944. The van der Waals surface area contributed by atoms with Crippen molar-refractivity contribution in [2.75, 3.05) is 20.7 Å². The Hall–Kier alpha value is -1.95. The van der Waals surface area contributed by atoms with E-state index in [1.54, 1.807) is 41.9 Å². The summed E-state index contributed by atoms with van der Waals surface area (Å²) in [6.45, 7) is 4.31. The van der Waals surface area contributed by atoms with Crippen molar-refractivity contribution in [2.24, 2.45) is 0 Å². The number of hydrogen-bond acceptors (Lipinski definition) is 4. The van der Waals surface area contributed by atoms with Crippen molar-refractivity contribution < 1.29 is 9.53 Å². The summed E-state index contributed by atoms with van der Waals surface area (Å²) in [6.07, 6.45) is 1.63. The third kappa shape index (κ3) is 2.73. The summed E-state index contributed by atoms with van der Waals surface area (Å²) in [7, 11) is 3.38. The molecule has 2 heterocycles. The lowest BCUT2D eigenvalue weighted by Crippen LogP contribution is -2.35. The van der Waals surface area contributed by atoms with Gasteiger partial charge in [-0.15, -0.1) is 0 Å². The number of carbonyl (C=O) groups excluding carboxylic acids is 1. The molecule has 0 fully saturated rings. The molecule has 2 rings (SSSR count). The van der Waals surface area contributed by atoms with Crippen molar-refractivity contribution in [3.05, 3.63) is 29.7 Å². The predicted molar refractivity (Wildman–Crippen MR) is 71.2 cm³/mol. The van der Waals surface area contributed by atoms with Crippen LogP contribution in [0.15, 0.2) is 18.3 Å². The zero-order valence-corrected chi connectivity index (χ0v) is 11.6. The minimum Gasteiger partial charge on any atom is -0.380 e. The number of ether oxygens (including phenoxy) is 1. The molecule has 0 spiro atoms. The maximum absolute atomic E-state index is 12.4. The second-order valence-electron chi connectivity index (χ2n) is 4.62. The maximum atomic E-state index is 12.4. The largest absolute Gasteiger partial charge is 0.380 e. The molecule has 1 amide bonds. The Labute approximate surface area is 112 Å². The van der Waals surface area contributed by atoms with E-state index < -0.39 is 0 Å². The van der Waals surface area contributed by atoms with Crippen LogP contribution >= 0.6 is 0 Å². The molecule has 0 aliphatic carbocycles. The van der Waals surface area contributed by atoms with Crippen LogP contribution in [-0.2, 0) is 4.74 Å². The van der Waals surface area contributed by atoms with E-state index in [1.165, 1.54) is 0 Å². The highest BCUT2D eigenvalue weighted by atomic mass is 16.5. The molecule has 0 bridgehead atoms. The van der Waals surface area contributed by atoms with Gasteiger partial charge in [0, 0.05) is 32.5 Å². The lowest BCUT2D eigenvalue weighted by atomic mass is 10.3. The number of nitrogens with zero attached hydrogens (tertiary/aromatic N) is 4. The molecular weight excluding hydrogens is 244 g/mol. The van der Waals surface area contributed by atoms with Gasteiger partial charge in [-0.2, -0.15) is 5.10 Å². The fourth-order valence-electron chi connectivity index (χ4n) is 1.93. The number of methoxy groups -OCH3 is 1. The summed E-state index contributed by atoms with van der Waals surface area (Å²) in [5, 5.41) is 4.14. The molecule has 6 heteroatoms. The monoisotopic (exact) mass is 262 g/mol. The van der Waals surface area contributed by atoms with Crippen molar-refractivity contribution in [1.82, 2.24) is 19.5 Å². The second-order valence-corrected chi connectivity index (χ2v) is 4.62. The van der Waals surface area contributed by atoms with Gasteiger partial charge >= 0.3 is 0 Å². The molecule has 1 atom stereocenters. The van der Waals surface area contributed by atoms with E-state index >= 15 is 0 Å². The highest BCUT2D eigenvalue weighted by Crippen LogP contribution is 2.09. The average molecular weight is 262 g/mol. The molecular formula is C13H18N4O2. The molecule has 0 saturated heterocycles. The number of aryl methyl sites for hydroxylation is 1. The number of carbonyl (C=O) groups is 1. The topological polar surface area (TPSA) is 59.7 Å². The van der Waals surface area contributed by atoms with Crippen LogP contribution in [0, 0.1) is 6.92 Å². The number of rotatable bonds is 4. The van der Waals surface area contributed by atoms with E-state index in [0.717, 1.165) is 5.69 Å². The van der Waals surface area contributed by atoms with Gasteiger partial charge in [0.05, 0.1) is 12.3 Å². The summed E-state index contributed by atoms with van der Waals surface area (Å²) in [4.78, 5) is 18.4. The second kappa shape index (κ2) is 5.36. The van der Waals surface area contributed by atoms with Gasteiger partial charge in [-0.25, -0.2) is 9.50 Å². The highest BCUT2D eigenvalue weighted by Gasteiger charge is 2.18. The van der Waals surface area contributed by atoms with E-state index in [9.17, 15) is 4.79 Å². The molecule has 6 nitrogen and oxygen atoms in total. The van der Waals surface area contributed by atoms with Crippen LogP contribution < -0.4 is 0 Å². The normalized spacial score (nSPS) is 12.6. The first kappa shape index (κ1) is 13.5. The lowest BCUT2D eigenvalue weighted by molar-refractivity contribution is 0.0593. The Morgan fingerprint density at radius 3 is 3.00 bits per heavy atom. The predicted octanol–water partition coefficient (Wildman–Crippen LogP) is 1.14. The number of hydrogen-bond donors (Lipinski definition) is 0. The fraction of sp³-hybridized carbons (Fsp3) is 0.462. The third-order valence-electron chi connectivity index (χ3n) is 2.99. The van der Waals surface area contributed by atoms with Crippen molar-refractivity contribution >= 4 is 11.6 Å². The van der Waals surface area contributed by atoms with Gasteiger partial charge in [-0.05, 0) is 19.9 Å². The summed E-state index contributed by atoms with van der Waals surface area (Å²) < 4.78 is 6.73. The van der Waals surface area contributed by atoms with Crippen LogP contribution in [0.1, 0.15) is 23.1 Å². The molecule has 102 valence electrons. The lowest BCUT2D eigenvalue weighted by Gasteiger charge is -2.21. The molecule has 0 aromatic carbocycles. The molecule has 0 N–H and O–H groups in total. The van der Waals surface area contributed by atoms with Crippen LogP contribution in [0.5, 0.6) is 0 Å². The van der Waals surface area contributed by atoms with Gasteiger partial charge < -0.3 is 9.64 Å². The van der Waals surface area contributed by atoms with Crippen LogP contribution in [0.25, 0.3) is 5.65 Å². The minimum absolute atomic E-state index is 0.00926. The van der Waals surface area contributed by atoms with Gasteiger partial charge in [0.2, 0.25) is 0 Å². The molecule has 19 heavy (non-hydrogen) atoms. The third-order valence-corrected chi connectivity index (χ3v) is 2.99. The summed E-state index contributed by atoms with van der Waals surface area (Å²) >= 11 is 0. The van der Waals surface area contributed by atoms with Crippen molar-refractivity contribution in [2.45, 2.75) is 20.0 Å². The van der Waals surface area contributed by atoms with Gasteiger partial charge in [0.1, 0.15) is 5.69 Å². The van der Waals surface area contributed by atoms with Gasteiger partial charge in [-0.1, -0.05) is 0 Å². The Balaban J connectivity index is 2.33. The van der Waals surface area contributed by atoms with Crippen LogP contribution in [0.3, 0.4) is 0 Å². The molecule has 0 aliphatic rings. The molecule has 2 aromatic rings. The Morgan fingerprint density at radius 2 is 2.32 bits per heavy atom. The quantitative estimate of drug-likeness (QED) is 0.829. The Kier molecular flexibility index (Phi) is 3.80. The Morgan fingerprint density at radius 1 is 1.58 bits per heavy atom. The number of amides is 1. The van der Waals surface area contributed by atoms with Crippen molar-refractivity contribution in [3.63, 3.8) is 0 Å². The smallest absolute Gasteiger partial charge is 0.272 e. The van der Waals surface area contributed by atoms with Crippen LogP contribution in [0.4, 0.5) is 0 Å². The first-order valence-corrected chi connectivity index (χ1v) is 6.12. The van der Waals surface area contributed by atoms with E-state index in [0.29, 0.717) is 17.9 Å². The maximum Gasteiger partial charge on any atom is 0.272 e. The average Bonchev–Trinajstić information content (AvgIpc) is 2.84. The first-order chi connectivity index (χ1) is 9.02. The molecule has 2 aromatic heterocycles. The van der Waals surface area contributed by atoms with Crippen molar-refractivity contribution in [3.8, 4) is 0 Å². The first-order valence-electron chi connectivity index (χ1n) is 6.12. The van der Waals surface area contributed by atoms with E-state index in [1.807, 2.05) is 13.8 Å². The Bertz CT molecular complexity index is 593. The highest BCUT2D eigenvalue weighted by molar-refractivity contribution is 5.93. The standard InChI is InChI=1S/C13H18N4O2/c1-9-7-11(17-12(15-9)5-6-14-17)13(18)16(3)8-10(2)19-4/h5-7,10H,8H2,1-4H3/t10-/m1/s1. The van der Waals surface area contributed by atoms with Gasteiger partial charge in [0.25, 0.3) is 5.91 Å². The molecule has 0 unspecified atom stereocenters. The summed E-state index contributed by atoms with van der Waals surface area (Å²) in [5.41, 5.74) is 1.99. The van der Waals surface area contributed by atoms with Crippen LogP contribution in [-0.4, -0.2) is 52.2 Å². The molecule has 0 radical (unpaired) electrons. The van der Waals surface area contributed by atoms with E-state index in [-0.39, 0.29) is 12.0 Å². The molecule has 0 aliphatic heterocycles. The van der Waals surface area contributed by atoms with Crippen LogP contribution in [0.2, 0.25) is 0 Å². The molecule has 0 saturated carbocycles. The SMILES string of the molecule is CO[C@H](C)CN(C)C(=O)c1cc(C)nc2ccnn12. The number of aromatic nitrogens is 3. The van der Waals surface area contributed by atoms with E-state index in [2.05, 4.69) is 10.1 Å². The van der Waals surface area contributed by atoms with Gasteiger partial charge in [-0.3, -0.25) is 4.79 Å². The number of likely N-dealkylation sites (N-methyl/N-ethyl adjacent to an activating group) is 1. The zero-order chi connectivity index (χ0) is 14.0. The van der Waals surface area contributed by atoms with E-state index in [4.69, 9.17) is 4.74 Å². The minimum atomic E-state index is -0.0944. The fourth-order valence-corrected chi connectivity index (χ4v) is 1.93.